The number of rotatable bonds is 6. The van der Waals surface area contributed by atoms with Crippen LogP contribution in [0.2, 0.25) is 0 Å². The smallest absolute Gasteiger partial charge is 0.251 e. The van der Waals surface area contributed by atoms with Gasteiger partial charge in [0.1, 0.15) is 0 Å². The lowest BCUT2D eigenvalue weighted by molar-refractivity contribution is -0.117. The van der Waals surface area contributed by atoms with E-state index in [1.54, 1.807) is 24.3 Å². The van der Waals surface area contributed by atoms with Gasteiger partial charge in [-0.15, -0.1) is 0 Å². The van der Waals surface area contributed by atoms with Crippen molar-refractivity contribution in [3.05, 3.63) is 71.8 Å². The van der Waals surface area contributed by atoms with Crippen LogP contribution < -0.4 is 10.6 Å². The van der Waals surface area contributed by atoms with E-state index in [0.717, 1.165) is 19.5 Å². The van der Waals surface area contributed by atoms with E-state index in [2.05, 4.69) is 33.7 Å². The zero-order valence-electron chi connectivity index (χ0n) is 15.6. The van der Waals surface area contributed by atoms with Crippen molar-refractivity contribution in [1.29, 1.82) is 0 Å². The topological polar surface area (TPSA) is 61.4 Å². The summed E-state index contributed by atoms with van der Waals surface area (Å²) in [5.74, 6) is -0.206. The molecule has 2 aromatic rings. The van der Waals surface area contributed by atoms with E-state index in [1.807, 2.05) is 25.1 Å². The summed E-state index contributed by atoms with van der Waals surface area (Å²) < 4.78 is 0. The molecule has 0 aliphatic carbocycles. The Kier molecular flexibility index (Phi) is 6.39. The number of hydrogen-bond donors (Lipinski definition) is 2. The quantitative estimate of drug-likeness (QED) is 0.829. The van der Waals surface area contributed by atoms with Crippen molar-refractivity contribution in [1.82, 2.24) is 10.2 Å². The van der Waals surface area contributed by atoms with E-state index in [4.69, 9.17) is 0 Å². The summed E-state index contributed by atoms with van der Waals surface area (Å²) in [6, 6.07) is 17.4. The van der Waals surface area contributed by atoms with Gasteiger partial charge in [0, 0.05) is 30.9 Å². The molecule has 2 aromatic carbocycles. The molecule has 27 heavy (non-hydrogen) atoms. The van der Waals surface area contributed by atoms with Crippen molar-refractivity contribution in [2.45, 2.75) is 13.3 Å². The molecule has 0 spiro atoms. The van der Waals surface area contributed by atoms with Gasteiger partial charge < -0.3 is 10.6 Å². The highest BCUT2D eigenvalue weighted by Gasteiger charge is 2.16. The summed E-state index contributed by atoms with van der Waals surface area (Å²) >= 11 is 0. The van der Waals surface area contributed by atoms with E-state index >= 15 is 0 Å². The van der Waals surface area contributed by atoms with Crippen molar-refractivity contribution >= 4 is 23.1 Å². The molecule has 0 saturated carbocycles. The summed E-state index contributed by atoms with van der Waals surface area (Å²) in [6.45, 7) is 4.40. The first-order valence-corrected chi connectivity index (χ1v) is 9.30. The molecule has 0 fully saturated rings. The van der Waals surface area contributed by atoms with Crippen molar-refractivity contribution < 1.29 is 9.59 Å². The number of carbonyl (C=O) groups excluding carboxylic acids is 2. The number of hydrogen-bond acceptors (Lipinski definition) is 3. The molecule has 140 valence electrons. The van der Waals surface area contributed by atoms with Crippen LogP contribution in [0.4, 0.5) is 5.69 Å². The number of nitrogens with one attached hydrogen (secondary N) is 2. The fraction of sp³-hybridized carbons (Fsp3) is 0.273. The summed E-state index contributed by atoms with van der Waals surface area (Å²) in [5.41, 5.74) is 3.77. The van der Waals surface area contributed by atoms with Gasteiger partial charge >= 0.3 is 0 Å². The summed E-state index contributed by atoms with van der Waals surface area (Å²) in [7, 11) is 0. The number of benzene rings is 2. The number of anilines is 1. The molecule has 3 rings (SSSR count). The van der Waals surface area contributed by atoms with Crippen LogP contribution in [-0.4, -0.2) is 42.9 Å². The molecule has 0 bridgehead atoms. The van der Waals surface area contributed by atoms with E-state index in [0.29, 0.717) is 24.3 Å². The molecule has 0 atom stereocenters. The van der Waals surface area contributed by atoms with Crippen LogP contribution in [-0.2, 0) is 4.79 Å². The van der Waals surface area contributed by atoms with Gasteiger partial charge in [0.25, 0.3) is 5.91 Å². The van der Waals surface area contributed by atoms with Crippen LogP contribution in [0.15, 0.2) is 60.7 Å². The third kappa shape index (κ3) is 5.28. The lowest BCUT2D eigenvalue weighted by Crippen LogP contribution is -2.36. The zero-order valence-corrected chi connectivity index (χ0v) is 15.6. The van der Waals surface area contributed by atoms with Gasteiger partial charge in [0.2, 0.25) is 5.91 Å². The molecule has 0 saturated heterocycles. The predicted octanol–water partition coefficient (Wildman–Crippen LogP) is 3.16. The van der Waals surface area contributed by atoms with E-state index < -0.39 is 0 Å². The van der Waals surface area contributed by atoms with Crippen molar-refractivity contribution in [2.75, 3.05) is 31.5 Å². The summed E-state index contributed by atoms with van der Waals surface area (Å²) in [5, 5.41) is 5.65. The summed E-state index contributed by atoms with van der Waals surface area (Å²) in [4.78, 5) is 26.4. The maximum absolute atomic E-state index is 12.4. The monoisotopic (exact) mass is 363 g/mol. The summed E-state index contributed by atoms with van der Waals surface area (Å²) in [6.07, 6.45) is 3.13. The van der Waals surface area contributed by atoms with Crippen LogP contribution in [0.25, 0.3) is 5.57 Å². The Labute approximate surface area is 160 Å². The highest BCUT2D eigenvalue weighted by Crippen LogP contribution is 2.21. The molecule has 0 unspecified atom stereocenters. The number of carbonyl (C=O) groups is 2. The minimum atomic E-state index is -0.136. The molecule has 5 nitrogen and oxygen atoms in total. The molecule has 2 amide bonds. The van der Waals surface area contributed by atoms with Crippen LogP contribution in [0.1, 0.15) is 29.3 Å². The van der Waals surface area contributed by atoms with Crippen molar-refractivity contribution in [3.63, 3.8) is 0 Å². The second-order valence-electron chi connectivity index (χ2n) is 6.57. The molecule has 1 heterocycles. The van der Waals surface area contributed by atoms with Crippen LogP contribution in [0.5, 0.6) is 0 Å². The molecular formula is C22H25N3O2. The second kappa shape index (κ2) is 9.14. The standard InChI is InChI=1S/C22H25N3O2/c1-2-23-22(27)19-9-6-10-20(15-19)24-21(26)16-25-13-11-18(12-14-25)17-7-4-3-5-8-17/h3-11,15H,2,12-14,16H2,1H3,(H,23,27)(H,24,26). The maximum Gasteiger partial charge on any atom is 0.251 e. The average molecular weight is 363 g/mol. The molecule has 0 aromatic heterocycles. The number of nitrogens with zero attached hydrogens (tertiary/aromatic N) is 1. The number of amides is 2. The Bertz CT molecular complexity index is 830. The minimum Gasteiger partial charge on any atom is -0.352 e. The Morgan fingerprint density at radius 2 is 1.89 bits per heavy atom. The molecule has 1 aliphatic rings. The lowest BCUT2D eigenvalue weighted by Gasteiger charge is -2.25. The van der Waals surface area contributed by atoms with Crippen LogP contribution in [0, 0.1) is 0 Å². The van der Waals surface area contributed by atoms with Gasteiger partial charge in [0.05, 0.1) is 6.54 Å². The third-order valence-electron chi connectivity index (χ3n) is 4.55. The largest absolute Gasteiger partial charge is 0.352 e. The Morgan fingerprint density at radius 3 is 2.59 bits per heavy atom. The van der Waals surface area contributed by atoms with E-state index in [-0.39, 0.29) is 11.8 Å². The van der Waals surface area contributed by atoms with Gasteiger partial charge in [0.15, 0.2) is 0 Å². The molecule has 0 radical (unpaired) electrons. The Hall–Kier alpha value is -2.92. The average Bonchev–Trinajstić information content (AvgIpc) is 2.69. The van der Waals surface area contributed by atoms with Gasteiger partial charge in [-0.2, -0.15) is 0 Å². The Morgan fingerprint density at radius 1 is 1.07 bits per heavy atom. The SMILES string of the molecule is CCNC(=O)c1cccc(NC(=O)CN2CC=C(c3ccccc3)CC2)c1. The van der Waals surface area contributed by atoms with Gasteiger partial charge in [-0.25, -0.2) is 0 Å². The first kappa shape index (κ1) is 18.9. The van der Waals surface area contributed by atoms with Crippen molar-refractivity contribution in [2.24, 2.45) is 0 Å². The van der Waals surface area contributed by atoms with Gasteiger partial charge in [-0.05, 0) is 42.7 Å². The predicted molar refractivity (Wildman–Crippen MR) is 109 cm³/mol. The normalized spacial score (nSPS) is 14.3. The van der Waals surface area contributed by atoms with E-state index in [9.17, 15) is 9.59 Å². The molecular weight excluding hydrogens is 338 g/mol. The lowest BCUT2D eigenvalue weighted by atomic mass is 10.00. The molecule has 1 aliphatic heterocycles. The van der Waals surface area contributed by atoms with Crippen LogP contribution in [0.3, 0.4) is 0 Å². The highest BCUT2D eigenvalue weighted by atomic mass is 16.2. The van der Waals surface area contributed by atoms with Gasteiger partial charge in [-0.3, -0.25) is 14.5 Å². The second-order valence-corrected chi connectivity index (χ2v) is 6.57. The van der Waals surface area contributed by atoms with E-state index in [1.165, 1.54) is 11.1 Å². The fourth-order valence-electron chi connectivity index (χ4n) is 3.17. The van der Waals surface area contributed by atoms with Crippen molar-refractivity contribution in [3.8, 4) is 0 Å². The van der Waals surface area contributed by atoms with Crippen LogP contribution >= 0.6 is 0 Å². The third-order valence-corrected chi connectivity index (χ3v) is 4.55. The zero-order chi connectivity index (χ0) is 19.1. The Balaban J connectivity index is 1.54. The maximum atomic E-state index is 12.4. The molecule has 2 N–H and O–H groups in total. The first-order valence-electron chi connectivity index (χ1n) is 9.30. The van der Waals surface area contributed by atoms with Gasteiger partial charge in [-0.1, -0.05) is 42.5 Å². The molecule has 5 heteroatoms. The fourth-order valence-corrected chi connectivity index (χ4v) is 3.17. The highest BCUT2D eigenvalue weighted by molar-refractivity contribution is 5.97. The first-order chi connectivity index (χ1) is 13.2. The minimum absolute atomic E-state index is 0.0698.